The Kier molecular flexibility index (Phi) is 4.69. The third-order valence-electron chi connectivity index (χ3n) is 2.51. The fourth-order valence-electron chi connectivity index (χ4n) is 1.12. The van der Waals surface area contributed by atoms with Gasteiger partial charge >= 0.3 is 0 Å². The second kappa shape index (κ2) is 4.73. The van der Waals surface area contributed by atoms with Crippen LogP contribution >= 0.6 is 0 Å². The first-order valence-electron chi connectivity index (χ1n) is 4.58. The van der Waals surface area contributed by atoms with Crippen LogP contribution in [0.1, 0.15) is 46.5 Å². The Hall–Kier alpha value is -0.0800. The average Bonchev–Trinajstić information content (AvgIpc) is 2.00. The highest BCUT2D eigenvalue weighted by Crippen LogP contribution is 2.18. The van der Waals surface area contributed by atoms with Gasteiger partial charge in [0.2, 0.25) is 0 Å². The Bertz CT molecular complexity index is 95.7. The van der Waals surface area contributed by atoms with Crippen molar-refractivity contribution in [3.63, 3.8) is 0 Å². The highest BCUT2D eigenvalue weighted by atomic mass is 14.7. The SMILES string of the molecule is CCC(N)(CC)CCC(C)N. The first-order chi connectivity index (χ1) is 5.04. The van der Waals surface area contributed by atoms with Crippen LogP contribution in [0.4, 0.5) is 0 Å². The third-order valence-corrected chi connectivity index (χ3v) is 2.51. The van der Waals surface area contributed by atoms with Crippen LogP contribution in [0.25, 0.3) is 0 Å². The summed E-state index contributed by atoms with van der Waals surface area (Å²) in [6.45, 7) is 6.32. The molecule has 0 rings (SSSR count). The highest BCUT2D eigenvalue weighted by molar-refractivity contribution is 4.81. The molecule has 0 radical (unpaired) electrons. The maximum absolute atomic E-state index is 6.09. The van der Waals surface area contributed by atoms with Gasteiger partial charge in [0.1, 0.15) is 0 Å². The van der Waals surface area contributed by atoms with Crippen molar-refractivity contribution < 1.29 is 0 Å². The molecule has 0 aliphatic carbocycles. The van der Waals surface area contributed by atoms with E-state index in [9.17, 15) is 0 Å². The largest absolute Gasteiger partial charge is 0.328 e. The molecular formula is C9H22N2. The van der Waals surface area contributed by atoms with Crippen molar-refractivity contribution in [1.82, 2.24) is 0 Å². The molecule has 4 N–H and O–H groups in total. The van der Waals surface area contributed by atoms with Gasteiger partial charge in [0.15, 0.2) is 0 Å². The minimum absolute atomic E-state index is 0.0353. The summed E-state index contributed by atoms with van der Waals surface area (Å²) in [4.78, 5) is 0. The van der Waals surface area contributed by atoms with Gasteiger partial charge < -0.3 is 11.5 Å². The molecule has 0 fully saturated rings. The molecule has 0 aromatic carbocycles. The van der Waals surface area contributed by atoms with E-state index >= 15 is 0 Å². The Morgan fingerprint density at radius 1 is 1.27 bits per heavy atom. The van der Waals surface area contributed by atoms with Crippen molar-refractivity contribution in [3.05, 3.63) is 0 Å². The lowest BCUT2D eigenvalue weighted by atomic mass is 9.88. The summed E-state index contributed by atoms with van der Waals surface area (Å²) < 4.78 is 0. The molecule has 0 aromatic rings. The van der Waals surface area contributed by atoms with Gasteiger partial charge in [0.05, 0.1) is 0 Å². The Morgan fingerprint density at radius 2 is 1.73 bits per heavy atom. The van der Waals surface area contributed by atoms with Crippen molar-refractivity contribution in [2.75, 3.05) is 0 Å². The fraction of sp³-hybridized carbons (Fsp3) is 1.00. The molecule has 11 heavy (non-hydrogen) atoms. The average molecular weight is 158 g/mol. The molecule has 0 aromatic heterocycles. The normalized spacial score (nSPS) is 15.0. The highest BCUT2D eigenvalue weighted by Gasteiger charge is 2.19. The van der Waals surface area contributed by atoms with E-state index in [1.54, 1.807) is 0 Å². The quantitative estimate of drug-likeness (QED) is 0.639. The van der Waals surface area contributed by atoms with E-state index in [1.165, 1.54) is 0 Å². The third kappa shape index (κ3) is 4.38. The Labute approximate surface area is 70.3 Å². The van der Waals surface area contributed by atoms with Crippen molar-refractivity contribution in [1.29, 1.82) is 0 Å². The van der Waals surface area contributed by atoms with Gasteiger partial charge in [-0.3, -0.25) is 0 Å². The van der Waals surface area contributed by atoms with E-state index in [-0.39, 0.29) is 11.6 Å². The topological polar surface area (TPSA) is 52.0 Å². The van der Waals surface area contributed by atoms with Crippen LogP contribution in [0.15, 0.2) is 0 Å². The fourth-order valence-corrected chi connectivity index (χ4v) is 1.12. The van der Waals surface area contributed by atoms with E-state index < -0.39 is 0 Å². The molecular weight excluding hydrogens is 136 g/mol. The summed E-state index contributed by atoms with van der Waals surface area (Å²) in [5.74, 6) is 0. The second-order valence-electron chi connectivity index (χ2n) is 3.59. The first-order valence-corrected chi connectivity index (χ1v) is 4.58. The molecule has 1 atom stereocenters. The summed E-state index contributed by atoms with van der Waals surface area (Å²) in [5, 5.41) is 0. The van der Waals surface area contributed by atoms with Gasteiger partial charge in [-0.1, -0.05) is 13.8 Å². The van der Waals surface area contributed by atoms with E-state index in [1.807, 2.05) is 6.92 Å². The van der Waals surface area contributed by atoms with E-state index in [0.29, 0.717) is 0 Å². The summed E-state index contributed by atoms with van der Waals surface area (Å²) in [7, 11) is 0. The Morgan fingerprint density at radius 3 is 2.00 bits per heavy atom. The predicted molar refractivity (Wildman–Crippen MR) is 50.4 cm³/mol. The minimum Gasteiger partial charge on any atom is -0.328 e. The van der Waals surface area contributed by atoms with Crippen LogP contribution in [-0.4, -0.2) is 11.6 Å². The Balaban J connectivity index is 3.69. The molecule has 0 spiro atoms. The van der Waals surface area contributed by atoms with E-state index in [2.05, 4.69) is 13.8 Å². The van der Waals surface area contributed by atoms with Crippen LogP contribution in [0.5, 0.6) is 0 Å². The van der Waals surface area contributed by atoms with Gasteiger partial charge in [-0.25, -0.2) is 0 Å². The van der Waals surface area contributed by atoms with E-state index in [4.69, 9.17) is 11.5 Å². The molecule has 0 amide bonds. The summed E-state index contributed by atoms with van der Waals surface area (Å²) in [5.41, 5.74) is 11.8. The van der Waals surface area contributed by atoms with E-state index in [0.717, 1.165) is 25.7 Å². The second-order valence-corrected chi connectivity index (χ2v) is 3.59. The summed E-state index contributed by atoms with van der Waals surface area (Å²) >= 11 is 0. The number of hydrogen-bond acceptors (Lipinski definition) is 2. The van der Waals surface area contributed by atoms with Gasteiger partial charge in [-0.05, 0) is 32.6 Å². The molecule has 0 aliphatic rings. The lowest BCUT2D eigenvalue weighted by molar-refractivity contribution is 0.347. The standard InChI is InChI=1S/C9H22N2/c1-4-9(11,5-2)7-6-8(3)10/h8H,4-7,10-11H2,1-3H3. The minimum atomic E-state index is 0.0353. The van der Waals surface area contributed by atoms with Crippen molar-refractivity contribution in [2.45, 2.75) is 58.0 Å². The van der Waals surface area contributed by atoms with Crippen LogP contribution < -0.4 is 11.5 Å². The zero-order chi connectivity index (χ0) is 8.91. The number of hydrogen-bond donors (Lipinski definition) is 2. The molecule has 0 saturated carbocycles. The number of nitrogens with two attached hydrogens (primary N) is 2. The molecule has 0 bridgehead atoms. The van der Waals surface area contributed by atoms with Crippen LogP contribution in [0.3, 0.4) is 0 Å². The van der Waals surface area contributed by atoms with Gasteiger partial charge in [0, 0.05) is 11.6 Å². The predicted octanol–water partition coefficient (Wildman–Crippen LogP) is 1.63. The molecule has 2 nitrogen and oxygen atoms in total. The molecule has 0 aliphatic heterocycles. The van der Waals surface area contributed by atoms with Crippen molar-refractivity contribution >= 4 is 0 Å². The summed E-state index contributed by atoms with van der Waals surface area (Å²) in [6.07, 6.45) is 4.20. The molecule has 1 unspecified atom stereocenters. The first kappa shape index (κ1) is 10.9. The molecule has 68 valence electrons. The zero-order valence-corrected chi connectivity index (χ0v) is 8.06. The van der Waals surface area contributed by atoms with Crippen molar-refractivity contribution in [3.8, 4) is 0 Å². The maximum atomic E-state index is 6.09. The molecule has 0 heterocycles. The van der Waals surface area contributed by atoms with Crippen molar-refractivity contribution in [2.24, 2.45) is 11.5 Å². The molecule has 2 heteroatoms. The molecule has 0 saturated heterocycles. The van der Waals surface area contributed by atoms with Crippen LogP contribution in [-0.2, 0) is 0 Å². The van der Waals surface area contributed by atoms with Gasteiger partial charge in [-0.2, -0.15) is 0 Å². The zero-order valence-electron chi connectivity index (χ0n) is 8.06. The lowest BCUT2D eigenvalue weighted by Gasteiger charge is -2.27. The maximum Gasteiger partial charge on any atom is 0.0149 e. The van der Waals surface area contributed by atoms with Gasteiger partial charge in [-0.15, -0.1) is 0 Å². The van der Waals surface area contributed by atoms with Crippen LogP contribution in [0.2, 0.25) is 0 Å². The smallest absolute Gasteiger partial charge is 0.0149 e. The monoisotopic (exact) mass is 158 g/mol. The lowest BCUT2D eigenvalue weighted by Crippen LogP contribution is -2.39. The number of rotatable bonds is 5. The summed E-state index contributed by atoms with van der Waals surface area (Å²) in [6, 6.07) is 0.288. The van der Waals surface area contributed by atoms with Gasteiger partial charge in [0.25, 0.3) is 0 Å². The van der Waals surface area contributed by atoms with Crippen LogP contribution in [0, 0.1) is 0 Å².